The highest BCUT2D eigenvalue weighted by Gasteiger charge is 2.57. The zero-order valence-corrected chi connectivity index (χ0v) is 18.8. The van der Waals surface area contributed by atoms with Crippen molar-refractivity contribution in [2.75, 3.05) is 29.9 Å². The lowest BCUT2D eigenvalue weighted by atomic mass is 9.45. The van der Waals surface area contributed by atoms with Crippen molar-refractivity contribution < 1.29 is 9.13 Å². The minimum absolute atomic E-state index is 0.0146. The number of nitrogens with one attached hydrogen (secondary N) is 2. The molecule has 4 bridgehead atoms. The first-order chi connectivity index (χ1) is 16.1. The van der Waals surface area contributed by atoms with Gasteiger partial charge in [-0.05, 0) is 55.9 Å². The largest absolute Gasteiger partial charge is 0.491 e. The van der Waals surface area contributed by atoms with E-state index in [1.165, 1.54) is 25.6 Å². The molecule has 2 aliphatic heterocycles. The SMILES string of the molecule is Fc1c(Nc2ncnc3ccc(N4C[C@@H]5C[C@H]4CN5)nc23)ccc(OCC23CC(C2)C3)c1Cl. The molecule has 8 rings (SSSR count). The van der Waals surface area contributed by atoms with Crippen molar-refractivity contribution in [3.05, 3.63) is 41.4 Å². The number of nitrogens with zero attached hydrogens (tertiary/aromatic N) is 4. The first-order valence-electron chi connectivity index (χ1n) is 11.6. The fourth-order valence-corrected chi connectivity index (χ4v) is 6.17. The number of benzene rings is 1. The molecule has 9 heteroatoms. The number of ether oxygens (including phenoxy) is 1. The molecule has 1 aromatic carbocycles. The van der Waals surface area contributed by atoms with Gasteiger partial charge in [0.15, 0.2) is 11.6 Å². The monoisotopic (exact) mass is 466 g/mol. The van der Waals surface area contributed by atoms with E-state index in [-0.39, 0.29) is 10.7 Å². The van der Waals surface area contributed by atoms with Gasteiger partial charge in [0.05, 0.1) is 17.8 Å². The molecular weight excluding hydrogens is 443 g/mol. The maximum absolute atomic E-state index is 15.1. The van der Waals surface area contributed by atoms with Crippen LogP contribution in [-0.2, 0) is 0 Å². The summed E-state index contributed by atoms with van der Waals surface area (Å²) in [5.74, 6) is 2.04. The van der Waals surface area contributed by atoms with E-state index in [4.69, 9.17) is 21.3 Å². The molecule has 0 spiro atoms. The first kappa shape index (κ1) is 19.7. The molecule has 0 amide bonds. The summed E-state index contributed by atoms with van der Waals surface area (Å²) in [6, 6.07) is 8.26. The predicted octanol–water partition coefficient (Wildman–Crippen LogP) is 4.29. The van der Waals surface area contributed by atoms with Crippen LogP contribution in [0.5, 0.6) is 5.75 Å². The minimum Gasteiger partial charge on any atom is -0.491 e. The Morgan fingerprint density at radius 2 is 2.09 bits per heavy atom. The van der Waals surface area contributed by atoms with E-state index < -0.39 is 5.82 Å². The number of rotatable bonds is 6. The summed E-state index contributed by atoms with van der Waals surface area (Å²) < 4.78 is 21.0. The molecule has 0 radical (unpaired) electrons. The third kappa shape index (κ3) is 3.14. The molecule has 170 valence electrons. The number of pyridine rings is 1. The van der Waals surface area contributed by atoms with Crippen molar-refractivity contribution in [1.82, 2.24) is 20.3 Å². The van der Waals surface area contributed by atoms with Gasteiger partial charge >= 0.3 is 0 Å². The van der Waals surface area contributed by atoms with E-state index >= 15 is 4.39 Å². The predicted molar refractivity (Wildman–Crippen MR) is 125 cm³/mol. The van der Waals surface area contributed by atoms with Crippen LogP contribution in [0, 0.1) is 17.2 Å². The van der Waals surface area contributed by atoms with Crippen LogP contribution in [0.15, 0.2) is 30.6 Å². The van der Waals surface area contributed by atoms with Gasteiger partial charge in [-0.15, -0.1) is 0 Å². The maximum atomic E-state index is 15.1. The van der Waals surface area contributed by atoms with Crippen molar-refractivity contribution in [3.63, 3.8) is 0 Å². The zero-order chi connectivity index (χ0) is 22.2. The van der Waals surface area contributed by atoms with E-state index in [0.29, 0.717) is 46.7 Å². The lowest BCUT2D eigenvalue weighted by Gasteiger charge is -2.61. The molecule has 3 aromatic rings. The van der Waals surface area contributed by atoms with Crippen molar-refractivity contribution in [2.24, 2.45) is 11.3 Å². The van der Waals surface area contributed by atoms with E-state index in [1.54, 1.807) is 12.1 Å². The van der Waals surface area contributed by atoms with Gasteiger partial charge in [-0.1, -0.05) is 11.6 Å². The van der Waals surface area contributed by atoms with Crippen LogP contribution < -0.4 is 20.3 Å². The summed E-state index contributed by atoms with van der Waals surface area (Å²) in [6.45, 7) is 2.51. The Morgan fingerprint density at radius 1 is 1.21 bits per heavy atom. The molecular formula is C24H24ClFN6O. The molecule has 5 fully saturated rings. The number of anilines is 3. The van der Waals surface area contributed by atoms with Crippen LogP contribution in [0.25, 0.3) is 11.0 Å². The number of aromatic nitrogens is 3. The molecule has 5 aliphatic rings. The highest BCUT2D eigenvalue weighted by atomic mass is 35.5. The van der Waals surface area contributed by atoms with Gasteiger partial charge in [-0.2, -0.15) is 0 Å². The second-order valence-corrected chi connectivity index (χ2v) is 10.4. The molecule has 3 aliphatic carbocycles. The first-order valence-corrected chi connectivity index (χ1v) is 11.9. The molecule has 7 nitrogen and oxygen atoms in total. The summed E-state index contributed by atoms with van der Waals surface area (Å²) >= 11 is 6.33. The topological polar surface area (TPSA) is 75.2 Å². The quantitative estimate of drug-likeness (QED) is 0.561. The van der Waals surface area contributed by atoms with Gasteiger partial charge < -0.3 is 20.3 Å². The van der Waals surface area contributed by atoms with Crippen LogP contribution in [-0.4, -0.2) is 46.7 Å². The molecule has 33 heavy (non-hydrogen) atoms. The molecule has 4 heterocycles. The highest BCUT2D eigenvalue weighted by molar-refractivity contribution is 6.32. The summed E-state index contributed by atoms with van der Waals surface area (Å²) in [4.78, 5) is 15.9. The van der Waals surface area contributed by atoms with Gasteiger partial charge in [0.25, 0.3) is 0 Å². The second kappa shape index (κ2) is 7.14. The Kier molecular flexibility index (Phi) is 4.27. The van der Waals surface area contributed by atoms with Crippen LogP contribution in [0.1, 0.15) is 25.7 Å². The van der Waals surface area contributed by atoms with Crippen LogP contribution in [0.4, 0.5) is 21.7 Å². The van der Waals surface area contributed by atoms with Gasteiger partial charge in [0, 0.05) is 30.6 Å². The normalized spacial score (nSPS) is 29.2. The van der Waals surface area contributed by atoms with Crippen molar-refractivity contribution in [3.8, 4) is 5.75 Å². The number of piperazine rings is 1. The summed E-state index contributed by atoms with van der Waals surface area (Å²) in [6.07, 6.45) is 6.25. The van der Waals surface area contributed by atoms with E-state index in [2.05, 4.69) is 25.5 Å². The standard InChI is InChI=1S/C24H24ClFN6O/c25-20-18(33-11-24-6-13(7-24)8-24)3-1-16(21(20)26)30-23-22-17(28-12-29-23)2-4-19(31-22)32-10-14-5-15(32)9-27-14/h1-4,12-15,27H,5-11H2,(H,28,29,30)/t13?,14-,15-,24?/m0/s1. The molecule has 2 saturated heterocycles. The van der Waals surface area contributed by atoms with E-state index in [9.17, 15) is 0 Å². The smallest absolute Gasteiger partial charge is 0.169 e. The van der Waals surface area contributed by atoms with Crippen LogP contribution in [0.2, 0.25) is 5.02 Å². The van der Waals surface area contributed by atoms with Crippen LogP contribution >= 0.6 is 11.6 Å². The number of hydrogen-bond acceptors (Lipinski definition) is 7. The zero-order valence-electron chi connectivity index (χ0n) is 18.0. The summed E-state index contributed by atoms with van der Waals surface area (Å²) in [5, 5.41) is 6.57. The van der Waals surface area contributed by atoms with Crippen molar-refractivity contribution in [2.45, 2.75) is 37.8 Å². The molecule has 2 aromatic heterocycles. The van der Waals surface area contributed by atoms with Gasteiger partial charge in [0.1, 0.15) is 28.4 Å². The average Bonchev–Trinajstić information content (AvgIpc) is 3.40. The number of hydrogen-bond donors (Lipinski definition) is 2. The Morgan fingerprint density at radius 3 is 2.82 bits per heavy atom. The Balaban J connectivity index is 1.16. The Bertz CT molecular complexity index is 1250. The lowest BCUT2D eigenvalue weighted by Crippen LogP contribution is -2.55. The second-order valence-electron chi connectivity index (χ2n) is 10.0. The summed E-state index contributed by atoms with van der Waals surface area (Å²) in [7, 11) is 0. The molecule has 3 saturated carbocycles. The van der Waals surface area contributed by atoms with Crippen molar-refractivity contribution in [1.29, 1.82) is 0 Å². The summed E-state index contributed by atoms with van der Waals surface area (Å²) in [5.41, 5.74) is 1.83. The molecule has 2 atom stereocenters. The average molecular weight is 467 g/mol. The fraction of sp³-hybridized carbons (Fsp3) is 0.458. The Labute approximate surface area is 195 Å². The third-order valence-electron chi connectivity index (χ3n) is 7.82. The number of halogens is 2. The third-order valence-corrected chi connectivity index (χ3v) is 8.17. The molecule has 2 N–H and O–H groups in total. The fourth-order valence-electron chi connectivity index (χ4n) is 5.96. The van der Waals surface area contributed by atoms with E-state index in [1.807, 2.05) is 12.1 Å². The molecule has 0 unspecified atom stereocenters. The minimum atomic E-state index is -0.558. The van der Waals surface area contributed by atoms with Gasteiger partial charge in [-0.25, -0.2) is 19.3 Å². The maximum Gasteiger partial charge on any atom is 0.169 e. The highest BCUT2D eigenvalue weighted by Crippen LogP contribution is 2.64. The van der Waals surface area contributed by atoms with E-state index in [0.717, 1.165) is 31.2 Å². The number of fused-ring (bicyclic) bond motifs is 3. The van der Waals surface area contributed by atoms with Crippen molar-refractivity contribution >= 4 is 40.0 Å². The van der Waals surface area contributed by atoms with Crippen LogP contribution in [0.3, 0.4) is 0 Å². The Hall–Kier alpha value is -2.71. The van der Waals surface area contributed by atoms with Gasteiger partial charge in [0.2, 0.25) is 0 Å². The van der Waals surface area contributed by atoms with Gasteiger partial charge in [-0.3, -0.25) is 0 Å². The lowest BCUT2D eigenvalue weighted by molar-refractivity contribution is -0.131.